The van der Waals surface area contributed by atoms with E-state index in [0.717, 1.165) is 10.9 Å². The van der Waals surface area contributed by atoms with Crippen LogP contribution in [0.2, 0.25) is 0 Å². The third-order valence-corrected chi connectivity index (χ3v) is 4.29. The number of methoxy groups -OCH3 is 3. The molecule has 0 bridgehead atoms. The van der Waals surface area contributed by atoms with Crippen LogP contribution in [0.4, 0.5) is 5.69 Å². The number of rotatable bonds is 6. The minimum Gasteiger partial charge on any atom is -0.496 e. The Kier molecular flexibility index (Phi) is 5.95. The van der Waals surface area contributed by atoms with Crippen molar-refractivity contribution < 1.29 is 19.0 Å². The molecule has 0 atom stereocenters. The Morgan fingerprint density at radius 1 is 1.03 bits per heavy atom. The quantitative estimate of drug-likeness (QED) is 0.509. The number of ether oxygens (including phenoxy) is 3. The fourth-order valence-electron chi connectivity index (χ4n) is 2.87. The Balaban J connectivity index is 1.98. The van der Waals surface area contributed by atoms with Gasteiger partial charge in [0.25, 0.3) is 5.91 Å². The molecule has 1 N–H and O–H groups in total. The SMILES string of the molecule is COc1cc(OC)c(OC)cc1/C=C(/C#N)C(=O)Nc1cccc2ncccc12. The highest BCUT2D eigenvalue weighted by molar-refractivity contribution is 6.12. The average Bonchev–Trinajstić information content (AvgIpc) is 2.76. The summed E-state index contributed by atoms with van der Waals surface area (Å²) in [7, 11) is 4.51. The number of benzene rings is 2. The highest BCUT2D eigenvalue weighted by atomic mass is 16.5. The molecule has 0 aliphatic carbocycles. The van der Waals surface area contributed by atoms with Crippen molar-refractivity contribution in [2.24, 2.45) is 0 Å². The van der Waals surface area contributed by atoms with E-state index in [4.69, 9.17) is 14.2 Å². The monoisotopic (exact) mass is 389 g/mol. The Bertz CT molecular complexity index is 1130. The summed E-state index contributed by atoms with van der Waals surface area (Å²) in [5, 5.41) is 13.1. The van der Waals surface area contributed by atoms with E-state index in [0.29, 0.717) is 28.5 Å². The number of nitrogens with one attached hydrogen (secondary N) is 1. The van der Waals surface area contributed by atoms with Gasteiger partial charge in [-0.25, -0.2) is 0 Å². The third-order valence-electron chi connectivity index (χ3n) is 4.29. The summed E-state index contributed by atoms with van der Waals surface area (Å²) in [6, 6.07) is 14.3. The first-order valence-electron chi connectivity index (χ1n) is 8.68. The van der Waals surface area contributed by atoms with Gasteiger partial charge in [0.15, 0.2) is 11.5 Å². The number of anilines is 1. The van der Waals surface area contributed by atoms with E-state index in [1.807, 2.05) is 18.2 Å². The second-order valence-electron chi connectivity index (χ2n) is 5.95. The minimum absolute atomic E-state index is 0.0867. The second kappa shape index (κ2) is 8.76. The summed E-state index contributed by atoms with van der Waals surface area (Å²) in [5.41, 5.74) is 1.74. The van der Waals surface area contributed by atoms with Crippen LogP contribution in [-0.2, 0) is 4.79 Å². The lowest BCUT2D eigenvalue weighted by Gasteiger charge is -2.12. The van der Waals surface area contributed by atoms with Gasteiger partial charge in [-0.15, -0.1) is 0 Å². The molecular weight excluding hydrogens is 370 g/mol. The molecule has 0 radical (unpaired) electrons. The van der Waals surface area contributed by atoms with Gasteiger partial charge in [0.05, 0.1) is 32.5 Å². The number of nitriles is 1. The molecule has 0 saturated carbocycles. The van der Waals surface area contributed by atoms with E-state index >= 15 is 0 Å². The molecule has 1 heterocycles. The van der Waals surface area contributed by atoms with E-state index in [1.54, 1.807) is 36.5 Å². The molecule has 7 heteroatoms. The summed E-state index contributed by atoms with van der Waals surface area (Å²) in [6.45, 7) is 0. The number of hydrogen-bond donors (Lipinski definition) is 1. The van der Waals surface area contributed by atoms with Crippen LogP contribution in [0, 0.1) is 11.3 Å². The Morgan fingerprint density at radius 2 is 1.76 bits per heavy atom. The highest BCUT2D eigenvalue weighted by Crippen LogP contribution is 2.35. The molecule has 0 fully saturated rings. The van der Waals surface area contributed by atoms with Crippen LogP contribution in [-0.4, -0.2) is 32.2 Å². The molecule has 0 aliphatic heterocycles. The van der Waals surface area contributed by atoms with Crippen molar-refractivity contribution in [3.63, 3.8) is 0 Å². The Labute approximate surface area is 168 Å². The molecular formula is C22H19N3O4. The van der Waals surface area contributed by atoms with Crippen LogP contribution in [0.5, 0.6) is 17.2 Å². The predicted octanol–water partition coefficient (Wildman–Crippen LogP) is 3.81. The van der Waals surface area contributed by atoms with E-state index in [-0.39, 0.29) is 5.57 Å². The molecule has 3 aromatic rings. The summed E-state index contributed by atoms with van der Waals surface area (Å²) < 4.78 is 15.9. The minimum atomic E-state index is -0.541. The van der Waals surface area contributed by atoms with E-state index in [2.05, 4.69) is 10.3 Å². The molecule has 0 unspecified atom stereocenters. The molecule has 1 amide bonds. The molecule has 0 saturated heterocycles. The zero-order valence-corrected chi connectivity index (χ0v) is 16.2. The number of carbonyl (C=O) groups is 1. The molecule has 29 heavy (non-hydrogen) atoms. The van der Waals surface area contributed by atoms with Crippen molar-refractivity contribution in [2.45, 2.75) is 0 Å². The van der Waals surface area contributed by atoms with Crippen LogP contribution in [0.25, 0.3) is 17.0 Å². The maximum absolute atomic E-state index is 12.7. The van der Waals surface area contributed by atoms with Crippen LogP contribution < -0.4 is 19.5 Å². The van der Waals surface area contributed by atoms with Crippen LogP contribution >= 0.6 is 0 Å². The van der Waals surface area contributed by atoms with Gasteiger partial charge >= 0.3 is 0 Å². The zero-order valence-electron chi connectivity index (χ0n) is 16.2. The molecule has 7 nitrogen and oxygen atoms in total. The van der Waals surface area contributed by atoms with Crippen molar-refractivity contribution >= 4 is 28.6 Å². The standard InChI is InChI=1S/C22H19N3O4/c1-27-19-12-21(29-3)20(28-2)11-14(19)10-15(13-23)22(26)25-18-8-4-7-17-16(18)6-5-9-24-17/h4-12H,1-3H3,(H,25,26)/b15-10-. The fourth-order valence-corrected chi connectivity index (χ4v) is 2.87. The molecule has 0 aliphatic rings. The molecule has 3 rings (SSSR count). The van der Waals surface area contributed by atoms with Gasteiger partial charge in [0.1, 0.15) is 17.4 Å². The number of aromatic nitrogens is 1. The summed E-state index contributed by atoms with van der Waals surface area (Å²) in [5.74, 6) is 0.836. The maximum atomic E-state index is 12.7. The van der Waals surface area contributed by atoms with Gasteiger partial charge in [-0.2, -0.15) is 5.26 Å². The molecule has 0 spiro atoms. The Hall–Kier alpha value is -4.05. The maximum Gasteiger partial charge on any atom is 0.266 e. The van der Waals surface area contributed by atoms with Crippen molar-refractivity contribution in [2.75, 3.05) is 26.6 Å². The number of nitrogens with zero attached hydrogens (tertiary/aromatic N) is 2. The van der Waals surface area contributed by atoms with Gasteiger partial charge in [-0.1, -0.05) is 6.07 Å². The first kappa shape index (κ1) is 19.7. The van der Waals surface area contributed by atoms with E-state index < -0.39 is 5.91 Å². The summed E-state index contributed by atoms with van der Waals surface area (Å²) in [6.07, 6.45) is 3.12. The number of pyridine rings is 1. The van der Waals surface area contributed by atoms with Gasteiger partial charge in [0.2, 0.25) is 0 Å². The topological polar surface area (TPSA) is 93.5 Å². The third kappa shape index (κ3) is 4.12. The lowest BCUT2D eigenvalue weighted by Crippen LogP contribution is -2.13. The van der Waals surface area contributed by atoms with Crippen molar-refractivity contribution in [1.29, 1.82) is 5.26 Å². The first-order chi connectivity index (χ1) is 14.1. The molecule has 1 aromatic heterocycles. The number of carbonyl (C=O) groups excluding carboxylic acids is 1. The normalized spacial score (nSPS) is 10.9. The highest BCUT2D eigenvalue weighted by Gasteiger charge is 2.15. The van der Waals surface area contributed by atoms with Crippen LogP contribution in [0.3, 0.4) is 0 Å². The fraction of sp³-hybridized carbons (Fsp3) is 0.136. The largest absolute Gasteiger partial charge is 0.496 e. The van der Waals surface area contributed by atoms with Crippen molar-refractivity contribution in [3.8, 4) is 23.3 Å². The van der Waals surface area contributed by atoms with Gasteiger partial charge in [0, 0.05) is 23.2 Å². The predicted molar refractivity (Wildman–Crippen MR) is 110 cm³/mol. The lowest BCUT2D eigenvalue weighted by atomic mass is 10.1. The van der Waals surface area contributed by atoms with Crippen LogP contribution in [0.15, 0.2) is 54.2 Å². The zero-order chi connectivity index (χ0) is 20.8. The van der Waals surface area contributed by atoms with E-state index in [1.165, 1.54) is 27.4 Å². The second-order valence-corrected chi connectivity index (χ2v) is 5.95. The van der Waals surface area contributed by atoms with Crippen molar-refractivity contribution in [1.82, 2.24) is 4.98 Å². The average molecular weight is 389 g/mol. The summed E-state index contributed by atoms with van der Waals surface area (Å²) >= 11 is 0. The summed E-state index contributed by atoms with van der Waals surface area (Å²) in [4.78, 5) is 17.0. The van der Waals surface area contributed by atoms with Gasteiger partial charge in [-0.05, 0) is 36.4 Å². The van der Waals surface area contributed by atoms with E-state index in [9.17, 15) is 10.1 Å². The number of hydrogen-bond acceptors (Lipinski definition) is 6. The molecule has 146 valence electrons. The van der Waals surface area contributed by atoms with Crippen LogP contribution in [0.1, 0.15) is 5.56 Å². The van der Waals surface area contributed by atoms with Gasteiger partial charge < -0.3 is 19.5 Å². The van der Waals surface area contributed by atoms with Crippen molar-refractivity contribution in [3.05, 3.63) is 59.8 Å². The number of amides is 1. The lowest BCUT2D eigenvalue weighted by molar-refractivity contribution is -0.112. The smallest absolute Gasteiger partial charge is 0.266 e. The Morgan fingerprint density at radius 3 is 2.45 bits per heavy atom. The molecule has 2 aromatic carbocycles. The van der Waals surface area contributed by atoms with Gasteiger partial charge in [-0.3, -0.25) is 9.78 Å². The number of fused-ring (bicyclic) bond motifs is 1. The first-order valence-corrected chi connectivity index (χ1v) is 8.68.